The van der Waals surface area contributed by atoms with Crippen molar-refractivity contribution in [1.82, 2.24) is 10.2 Å². The molecule has 0 fully saturated rings. The monoisotopic (exact) mass is 205 g/mol. The van der Waals surface area contributed by atoms with E-state index in [1.54, 1.807) is 6.92 Å². The topological polar surface area (TPSA) is 54.9 Å². The number of aromatic nitrogens is 2. The molecule has 0 aliphatic rings. The van der Waals surface area contributed by atoms with Crippen LogP contribution < -0.4 is 5.32 Å². The van der Waals surface area contributed by atoms with E-state index in [1.165, 1.54) is 11.3 Å². The van der Waals surface area contributed by atoms with E-state index in [4.69, 9.17) is 11.6 Å². The number of alkyl halides is 1. The van der Waals surface area contributed by atoms with Crippen LogP contribution in [0.1, 0.15) is 18.4 Å². The van der Waals surface area contributed by atoms with Gasteiger partial charge in [0.1, 0.15) is 5.01 Å². The summed E-state index contributed by atoms with van der Waals surface area (Å²) in [6, 6.07) is 0. The molecule has 0 saturated carbocycles. The van der Waals surface area contributed by atoms with Gasteiger partial charge in [-0.05, 0) is 0 Å². The average Bonchev–Trinajstić information content (AvgIpc) is 2.52. The van der Waals surface area contributed by atoms with E-state index >= 15 is 0 Å². The predicted octanol–water partition coefficient (Wildman–Crippen LogP) is 1.63. The summed E-state index contributed by atoms with van der Waals surface area (Å²) in [6.45, 7) is 1.78. The minimum atomic E-state index is -0.0627. The van der Waals surface area contributed by atoms with E-state index in [9.17, 15) is 4.79 Å². The zero-order chi connectivity index (χ0) is 8.97. The zero-order valence-corrected chi connectivity index (χ0v) is 8.08. The van der Waals surface area contributed by atoms with Crippen molar-refractivity contribution < 1.29 is 4.79 Å². The van der Waals surface area contributed by atoms with E-state index in [0.717, 1.165) is 0 Å². The van der Waals surface area contributed by atoms with Crippen molar-refractivity contribution in [2.45, 2.75) is 19.2 Å². The van der Waals surface area contributed by atoms with Gasteiger partial charge in [-0.25, -0.2) is 0 Å². The van der Waals surface area contributed by atoms with Crippen molar-refractivity contribution >= 4 is 34.0 Å². The molecule has 0 aliphatic carbocycles. The molecule has 0 bridgehead atoms. The van der Waals surface area contributed by atoms with Crippen LogP contribution in [0.2, 0.25) is 0 Å². The fraction of sp³-hybridized carbons (Fsp3) is 0.500. The second-order valence-electron chi connectivity index (χ2n) is 2.04. The zero-order valence-electron chi connectivity index (χ0n) is 6.50. The van der Waals surface area contributed by atoms with Crippen molar-refractivity contribution in [2.75, 3.05) is 5.32 Å². The van der Waals surface area contributed by atoms with Crippen LogP contribution >= 0.6 is 22.9 Å². The number of rotatable bonds is 3. The van der Waals surface area contributed by atoms with Gasteiger partial charge in [-0.2, -0.15) is 0 Å². The minimum absolute atomic E-state index is 0.0627. The molecule has 4 nitrogen and oxygen atoms in total. The molecule has 0 radical (unpaired) electrons. The molecular weight excluding hydrogens is 198 g/mol. The Hall–Kier alpha value is -0.680. The maximum atomic E-state index is 10.9. The predicted molar refractivity (Wildman–Crippen MR) is 48.4 cm³/mol. The Kier molecular flexibility index (Phi) is 3.43. The molecule has 12 heavy (non-hydrogen) atoms. The lowest BCUT2D eigenvalue weighted by Crippen LogP contribution is -2.08. The second-order valence-corrected chi connectivity index (χ2v) is 3.37. The van der Waals surface area contributed by atoms with Gasteiger partial charge in [0.05, 0.1) is 5.88 Å². The van der Waals surface area contributed by atoms with Crippen LogP contribution in [0.25, 0.3) is 0 Å². The molecule has 66 valence electrons. The Labute approximate surface area is 79.0 Å². The number of anilines is 1. The van der Waals surface area contributed by atoms with Gasteiger partial charge in [-0.15, -0.1) is 21.8 Å². The highest BCUT2D eigenvalue weighted by Gasteiger charge is 2.04. The first-order valence-corrected chi connectivity index (χ1v) is 4.79. The Balaban J connectivity index is 2.58. The molecule has 6 heteroatoms. The maximum absolute atomic E-state index is 10.9. The number of hydrogen-bond acceptors (Lipinski definition) is 4. The van der Waals surface area contributed by atoms with Crippen molar-refractivity contribution in [3.63, 3.8) is 0 Å². The van der Waals surface area contributed by atoms with Crippen LogP contribution in [0.15, 0.2) is 0 Å². The normalized spacial score (nSPS) is 9.83. The van der Waals surface area contributed by atoms with Crippen LogP contribution in [0.4, 0.5) is 5.13 Å². The SMILES string of the molecule is CCC(=O)Nc1nnc(CCl)s1. The maximum Gasteiger partial charge on any atom is 0.225 e. The molecule has 0 aliphatic heterocycles. The van der Waals surface area contributed by atoms with Gasteiger partial charge in [0, 0.05) is 6.42 Å². The van der Waals surface area contributed by atoms with E-state index in [1.807, 2.05) is 0 Å². The lowest BCUT2D eigenvalue weighted by atomic mass is 10.5. The van der Waals surface area contributed by atoms with Crippen LogP contribution in [-0.4, -0.2) is 16.1 Å². The molecule has 1 N–H and O–H groups in total. The first-order valence-electron chi connectivity index (χ1n) is 3.44. The third-order valence-corrected chi connectivity index (χ3v) is 2.40. The van der Waals surface area contributed by atoms with Gasteiger partial charge >= 0.3 is 0 Å². The number of nitrogens with zero attached hydrogens (tertiary/aromatic N) is 2. The molecule has 0 spiro atoms. The summed E-state index contributed by atoms with van der Waals surface area (Å²) in [6.07, 6.45) is 0.440. The van der Waals surface area contributed by atoms with Crippen LogP contribution in [-0.2, 0) is 10.7 Å². The van der Waals surface area contributed by atoms with Gasteiger partial charge in [0.15, 0.2) is 0 Å². The molecule has 0 unspecified atom stereocenters. The summed E-state index contributed by atoms with van der Waals surface area (Å²) in [4.78, 5) is 10.9. The molecule has 0 saturated heterocycles. The third kappa shape index (κ3) is 2.42. The van der Waals surface area contributed by atoms with Gasteiger partial charge in [0.2, 0.25) is 11.0 Å². The van der Waals surface area contributed by atoms with E-state index in [0.29, 0.717) is 22.4 Å². The summed E-state index contributed by atoms with van der Waals surface area (Å²) in [5, 5.41) is 11.3. The Bertz CT molecular complexity index is 276. The molecule has 0 aromatic carbocycles. The standard InChI is InChI=1S/C6H8ClN3OS/c1-2-4(11)8-6-10-9-5(3-7)12-6/h2-3H2,1H3,(H,8,10,11). The number of hydrogen-bond donors (Lipinski definition) is 1. The summed E-state index contributed by atoms with van der Waals surface area (Å²) >= 11 is 6.80. The fourth-order valence-electron chi connectivity index (χ4n) is 0.566. The highest BCUT2D eigenvalue weighted by molar-refractivity contribution is 7.15. The number of amides is 1. The highest BCUT2D eigenvalue weighted by atomic mass is 35.5. The van der Waals surface area contributed by atoms with Crippen molar-refractivity contribution in [2.24, 2.45) is 0 Å². The van der Waals surface area contributed by atoms with Gasteiger partial charge < -0.3 is 5.32 Å². The summed E-state index contributed by atoms with van der Waals surface area (Å²) in [5.74, 6) is 0.270. The molecule has 1 amide bonds. The lowest BCUT2D eigenvalue weighted by Gasteiger charge is -1.94. The van der Waals surface area contributed by atoms with Crippen molar-refractivity contribution in [3.8, 4) is 0 Å². The van der Waals surface area contributed by atoms with Gasteiger partial charge in [0.25, 0.3) is 0 Å². The molecular formula is C6H8ClN3OS. The van der Waals surface area contributed by atoms with E-state index in [2.05, 4.69) is 15.5 Å². The smallest absolute Gasteiger partial charge is 0.225 e. The Morgan fingerprint density at radius 2 is 2.42 bits per heavy atom. The number of carbonyl (C=O) groups excluding carboxylic acids is 1. The molecule has 1 rings (SSSR count). The molecule has 1 aromatic rings. The lowest BCUT2D eigenvalue weighted by molar-refractivity contribution is -0.115. The van der Waals surface area contributed by atoms with Crippen LogP contribution in [0.3, 0.4) is 0 Å². The fourth-order valence-corrected chi connectivity index (χ4v) is 1.39. The van der Waals surface area contributed by atoms with Crippen molar-refractivity contribution in [3.05, 3.63) is 5.01 Å². The van der Waals surface area contributed by atoms with Crippen LogP contribution in [0, 0.1) is 0 Å². The third-order valence-electron chi connectivity index (χ3n) is 1.15. The van der Waals surface area contributed by atoms with Crippen molar-refractivity contribution in [1.29, 1.82) is 0 Å². The molecule has 1 aromatic heterocycles. The Morgan fingerprint density at radius 3 is 2.92 bits per heavy atom. The van der Waals surface area contributed by atoms with Gasteiger partial charge in [-0.3, -0.25) is 4.79 Å². The summed E-state index contributed by atoms with van der Waals surface area (Å²) in [5.41, 5.74) is 0. The van der Waals surface area contributed by atoms with E-state index < -0.39 is 0 Å². The minimum Gasteiger partial charge on any atom is -0.301 e. The first kappa shape index (κ1) is 9.41. The van der Waals surface area contributed by atoms with E-state index in [-0.39, 0.29) is 5.91 Å². The molecule has 0 atom stereocenters. The van der Waals surface area contributed by atoms with Gasteiger partial charge in [-0.1, -0.05) is 18.3 Å². The number of nitrogens with one attached hydrogen (secondary N) is 1. The summed E-state index contributed by atoms with van der Waals surface area (Å²) in [7, 11) is 0. The summed E-state index contributed by atoms with van der Waals surface area (Å²) < 4.78 is 0. The first-order chi connectivity index (χ1) is 5.76. The van der Waals surface area contributed by atoms with Crippen LogP contribution in [0.5, 0.6) is 0 Å². The number of halogens is 1. The average molecular weight is 206 g/mol. The number of carbonyl (C=O) groups is 1. The molecule has 1 heterocycles. The largest absolute Gasteiger partial charge is 0.301 e. The highest BCUT2D eigenvalue weighted by Crippen LogP contribution is 2.16. The Morgan fingerprint density at radius 1 is 1.67 bits per heavy atom. The second kappa shape index (κ2) is 4.37. The quantitative estimate of drug-likeness (QED) is 0.764.